The average Bonchev–Trinajstić information content (AvgIpc) is 1.95. The standard InChI is InChI=1S/C9H19NO2/c1-9(11,7-10)5-6-12-8-3-2-4-8/h8,11H,2-7,10H2,1H3. The van der Waals surface area contributed by atoms with Gasteiger partial charge in [0.05, 0.1) is 11.7 Å². The van der Waals surface area contributed by atoms with Crippen molar-refractivity contribution in [1.29, 1.82) is 0 Å². The predicted octanol–water partition coefficient (Wildman–Crippen LogP) is 0.655. The molecule has 0 heterocycles. The van der Waals surface area contributed by atoms with Crippen LogP contribution in [-0.2, 0) is 4.74 Å². The zero-order chi connectivity index (χ0) is 9.03. The number of rotatable bonds is 5. The Morgan fingerprint density at radius 2 is 2.25 bits per heavy atom. The third kappa shape index (κ3) is 3.09. The van der Waals surface area contributed by atoms with Crippen LogP contribution in [0.3, 0.4) is 0 Å². The molecular weight excluding hydrogens is 154 g/mol. The van der Waals surface area contributed by atoms with Crippen LogP contribution in [0.2, 0.25) is 0 Å². The van der Waals surface area contributed by atoms with Crippen LogP contribution in [0.5, 0.6) is 0 Å². The van der Waals surface area contributed by atoms with Crippen molar-refractivity contribution < 1.29 is 9.84 Å². The second-order valence-corrected chi connectivity index (χ2v) is 3.87. The fourth-order valence-electron chi connectivity index (χ4n) is 1.08. The second kappa shape index (κ2) is 4.21. The quantitative estimate of drug-likeness (QED) is 0.642. The third-order valence-corrected chi connectivity index (χ3v) is 2.49. The first kappa shape index (κ1) is 9.96. The minimum absolute atomic E-state index is 0.307. The highest BCUT2D eigenvalue weighted by Gasteiger charge is 2.21. The van der Waals surface area contributed by atoms with Crippen LogP contribution < -0.4 is 5.73 Å². The van der Waals surface area contributed by atoms with Gasteiger partial charge < -0.3 is 15.6 Å². The van der Waals surface area contributed by atoms with E-state index in [4.69, 9.17) is 10.5 Å². The zero-order valence-corrected chi connectivity index (χ0v) is 7.75. The van der Waals surface area contributed by atoms with Gasteiger partial charge in [-0.3, -0.25) is 0 Å². The van der Waals surface area contributed by atoms with Crippen molar-refractivity contribution in [2.24, 2.45) is 5.73 Å². The van der Waals surface area contributed by atoms with Crippen molar-refractivity contribution in [2.45, 2.75) is 44.3 Å². The maximum absolute atomic E-state index is 9.52. The van der Waals surface area contributed by atoms with Gasteiger partial charge in [0.15, 0.2) is 0 Å². The Kier molecular flexibility index (Phi) is 3.50. The smallest absolute Gasteiger partial charge is 0.0763 e. The highest BCUT2D eigenvalue weighted by molar-refractivity contribution is 4.74. The van der Waals surface area contributed by atoms with E-state index < -0.39 is 5.60 Å². The molecule has 0 aromatic rings. The molecule has 0 radical (unpaired) electrons. The van der Waals surface area contributed by atoms with Crippen molar-refractivity contribution in [3.63, 3.8) is 0 Å². The summed E-state index contributed by atoms with van der Waals surface area (Å²) in [5.74, 6) is 0. The van der Waals surface area contributed by atoms with Gasteiger partial charge in [0.2, 0.25) is 0 Å². The minimum Gasteiger partial charge on any atom is -0.389 e. The van der Waals surface area contributed by atoms with E-state index in [-0.39, 0.29) is 0 Å². The summed E-state index contributed by atoms with van der Waals surface area (Å²) in [5.41, 5.74) is 4.62. The van der Waals surface area contributed by atoms with Crippen molar-refractivity contribution in [3.05, 3.63) is 0 Å². The molecule has 0 aliphatic heterocycles. The van der Waals surface area contributed by atoms with E-state index in [0.717, 1.165) is 0 Å². The zero-order valence-electron chi connectivity index (χ0n) is 7.75. The summed E-state index contributed by atoms with van der Waals surface area (Å²) in [7, 11) is 0. The van der Waals surface area contributed by atoms with E-state index in [2.05, 4.69) is 0 Å². The van der Waals surface area contributed by atoms with Gasteiger partial charge in [-0.2, -0.15) is 0 Å². The van der Waals surface area contributed by atoms with Gasteiger partial charge in [0, 0.05) is 19.6 Å². The topological polar surface area (TPSA) is 55.5 Å². The van der Waals surface area contributed by atoms with E-state index in [1.165, 1.54) is 19.3 Å². The number of hydrogen-bond donors (Lipinski definition) is 2. The molecule has 0 aromatic heterocycles. The molecule has 72 valence electrons. The molecule has 1 atom stereocenters. The van der Waals surface area contributed by atoms with Crippen molar-refractivity contribution in [1.82, 2.24) is 0 Å². The summed E-state index contributed by atoms with van der Waals surface area (Å²) in [6.07, 6.45) is 4.76. The first-order valence-electron chi connectivity index (χ1n) is 4.68. The molecule has 0 aromatic carbocycles. The van der Waals surface area contributed by atoms with Gasteiger partial charge in [-0.1, -0.05) is 0 Å². The maximum Gasteiger partial charge on any atom is 0.0763 e. The lowest BCUT2D eigenvalue weighted by Gasteiger charge is -2.27. The first-order valence-corrected chi connectivity index (χ1v) is 4.68. The largest absolute Gasteiger partial charge is 0.389 e. The molecule has 3 heteroatoms. The van der Waals surface area contributed by atoms with Crippen molar-refractivity contribution >= 4 is 0 Å². The van der Waals surface area contributed by atoms with Crippen LogP contribution in [0.1, 0.15) is 32.6 Å². The molecule has 1 saturated carbocycles. The molecule has 3 N–H and O–H groups in total. The second-order valence-electron chi connectivity index (χ2n) is 3.87. The number of ether oxygens (including phenoxy) is 1. The highest BCUT2D eigenvalue weighted by atomic mass is 16.5. The van der Waals surface area contributed by atoms with E-state index in [9.17, 15) is 5.11 Å². The van der Waals surface area contributed by atoms with Gasteiger partial charge in [-0.05, 0) is 26.2 Å². The van der Waals surface area contributed by atoms with Crippen LogP contribution in [0, 0.1) is 0 Å². The Bertz CT molecular complexity index is 132. The third-order valence-electron chi connectivity index (χ3n) is 2.49. The SMILES string of the molecule is CC(O)(CN)CCOC1CCC1. The lowest BCUT2D eigenvalue weighted by Crippen LogP contribution is -2.36. The molecule has 0 saturated heterocycles. The Morgan fingerprint density at radius 3 is 2.67 bits per heavy atom. The van der Waals surface area contributed by atoms with Gasteiger partial charge >= 0.3 is 0 Å². The Labute approximate surface area is 73.9 Å². The van der Waals surface area contributed by atoms with Gasteiger partial charge in [0.25, 0.3) is 0 Å². The summed E-state index contributed by atoms with van der Waals surface area (Å²) in [6, 6.07) is 0. The van der Waals surface area contributed by atoms with Gasteiger partial charge in [0.1, 0.15) is 0 Å². The lowest BCUT2D eigenvalue weighted by molar-refractivity contribution is -0.0328. The van der Waals surface area contributed by atoms with Crippen molar-refractivity contribution in [3.8, 4) is 0 Å². The fourth-order valence-corrected chi connectivity index (χ4v) is 1.08. The van der Waals surface area contributed by atoms with Gasteiger partial charge in [-0.15, -0.1) is 0 Å². The average molecular weight is 173 g/mol. The minimum atomic E-state index is -0.746. The van der Waals surface area contributed by atoms with Crippen LogP contribution in [0.15, 0.2) is 0 Å². The van der Waals surface area contributed by atoms with Crippen LogP contribution >= 0.6 is 0 Å². The number of nitrogens with two attached hydrogens (primary N) is 1. The molecule has 1 rings (SSSR count). The Hall–Kier alpha value is -0.120. The van der Waals surface area contributed by atoms with E-state index in [1.807, 2.05) is 0 Å². The molecule has 3 nitrogen and oxygen atoms in total. The Morgan fingerprint density at radius 1 is 1.58 bits per heavy atom. The molecule has 1 aliphatic carbocycles. The molecule has 1 aliphatic rings. The molecule has 12 heavy (non-hydrogen) atoms. The van der Waals surface area contributed by atoms with Gasteiger partial charge in [-0.25, -0.2) is 0 Å². The molecule has 1 unspecified atom stereocenters. The van der Waals surface area contributed by atoms with Crippen LogP contribution in [-0.4, -0.2) is 30.0 Å². The molecule has 0 bridgehead atoms. The monoisotopic (exact) mass is 173 g/mol. The Balaban J connectivity index is 2.00. The molecule has 1 fully saturated rings. The van der Waals surface area contributed by atoms with E-state index >= 15 is 0 Å². The summed E-state index contributed by atoms with van der Waals surface area (Å²) < 4.78 is 5.50. The van der Waals surface area contributed by atoms with Crippen LogP contribution in [0.4, 0.5) is 0 Å². The molecule has 0 spiro atoms. The normalized spacial score (nSPS) is 23.2. The van der Waals surface area contributed by atoms with E-state index in [1.54, 1.807) is 6.92 Å². The van der Waals surface area contributed by atoms with Crippen molar-refractivity contribution in [2.75, 3.05) is 13.2 Å². The highest BCUT2D eigenvalue weighted by Crippen LogP contribution is 2.22. The summed E-state index contributed by atoms with van der Waals surface area (Å²) in [6.45, 7) is 2.69. The number of aliphatic hydroxyl groups is 1. The summed E-state index contributed by atoms with van der Waals surface area (Å²) in [4.78, 5) is 0. The van der Waals surface area contributed by atoms with E-state index in [0.29, 0.717) is 25.7 Å². The summed E-state index contributed by atoms with van der Waals surface area (Å²) >= 11 is 0. The number of hydrogen-bond acceptors (Lipinski definition) is 3. The fraction of sp³-hybridized carbons (Fsp3) is 1.00. The molecular formula is C9H19NO2. The predicted molar refractivity (Wildman–Crippen MR) is 47.9 cm³/mol. The van der Waals surface area contributed by atoms with Crippen LogP contribution in [0.25, 0.3) is 0 Å². The summed E-state index contributed by atoms with van der Waals surface area (Å²) in [5, 5.41) is 9.52. The lowest BCUT2D eigenvalue weighted by atomic mass is 9.96. The molecule has 0 amide bonds. The maximum atomic E-state index is 9.52. The first-order chi connectivity index (χ1) is 5.64.